The lowest BCUT2D eigenvalue weighted by atomic mass is 10.0. The fraction of sp³-hybridized carbons (Fsp3) is 0.154. The first-order valence-corrected chi connectivity index (χ1v) is 10.9. The SMILES string of the molecule is O=C(Nc1cccc(-c2nc3ccccc3cc2N2CCOCC2)c1)c1cccc(Cl)c1. The Kier molecular flexibility index (Phi) is 5.75. The van der Waals surface area contributed by atoms with Crippen molar-refractivity contribution in [2.45, 2.75) is 0 Å². The molecule has 1 N–H and O–H groups in total. The van der Waals surface area contributed by atoms with Crippen molar-refractivity contribution in [3.05, 3.63) is 89.4 Å². The summed E-state index contributed by atoms with van der Waals surface area (Å²) >= 11 is 6.03. The largest absolute Gasteiger partial charge is 0.378 e. The molecule has 0 radical (unpaired) electrons. The number of nitrogens with one attached hydrogen (secondary N) is 1. The van der Waals surface area contributed by atoms with Crippen LogP contribution in [0.3, 0.4) is 0 Å². The van der Waals surface area contributed by atoms with E-state index in [9.17, 15) is 4.79 Å². The van der Waals surface area contributed by atoms with Gasteiger partial charge >= 0.3 is 0 Å². The molecular weight excluding hydrogens is 422 g/mol. The van der Waals surface area contributed by atoms with Crippen LogP contribution >= 0.6 is 11.6 Å². The van der Waals surface area contributed by atoms with E-state index in [0.717, 1.165) is 40.9 Å². The van der Waals surface area contributed by atoms with E-state index >= 15 is 0 Å². The second-order valence-corrected chi connectivity index (χ2v) is 8.13. The van der Waals surface area contributed by atoms with Gasteiger partial charge in [0, 0.05) is 40.3 Å². The van der Waals surface area contributed by atoms with E-state index in [1.54, 1.807) is 24.3 Å². The molecule has 0 saturated carbocycles. The molecule has 160 valence electrons. The van der Waals surface area contributed by atoms with Gasteiger partial charge in [-0.3, -0.25) is 4.79 Å². The van der Waals surface area contributed by atoms with Crippen molar-refractivity contribution < 1.29 is 9.53 Å². The highest BCUT2D eigenvalue weighted by molar-refractivity contribution is 6.31. The third-order valence-corrected chi connectivity index (χ3v) is 5.77. The number of rotatable bonds is 4. The highest BCUT2D eigenvalue weighted by Crippen LogP contribution is 2.34. The Morgan fingerprint density at radius 2 is 1.75 bits per heavy atom. The number of pyridine rings is 1. The molecule has 1 aliphatic heterocycles. The van der Waals surface area contributed by atoms with E-state index in [0.29, 0.717) is 29.5 Å². The molecule has 1 saturated heterocycles. The summed E-state index contributed by atoms with van der Waals surface area (Å²) in [6.07, 6.45) is 0. The number of amides is 1. The number of hydrogen-bond donors (Lipinski definition) is 1. The van der Waals surface area contributed by atoms with E-state index < -0.39 is 0 Å². The number of fused-ring (bicyclic) bond motifs is 1. The zero-order chi connectivity index (χ0) is 21.9. The van der Waals surface area contributed by atoms with Crippen LogP contribution in [0.15, 0.2) is 78.9 Å². The zero-order valence-corrected chi connectivity index (χ0v) is 18.2. The Balaban J connectivity index is 1.52. The van der Waals surface area contributed by atoms with E-state index in [1.807, 2.05) is 42.5 Å². The maximum absolute atomic E-state index is 12.7. The van der Waals surface area contributed by atoms with Crippen LogP contribution in [0.1, 0.15) is 10.4 Å². The van der Waals surface area contributed by atoms with Crippen LogP contribution in [0.25, 0.3) is 22.2 Å². The lowest BCUT2D eigenvalue weighted by Crippen LogP contribution is -2.36. The first kappa shape index (κ1) is 20.5. The lowest BCUT2D eigenvalue weighted by molar-refractivity contribution is 0.102. The molecule has 0 spiro atoms. The standard InChI is InChI=1S/C26H22ClN3O2/c27-21-8-3-7-20(15-21)26(31)28-22-9-4-6-19(16-22)25-24(30-11-13-32-14-12-30)17-18-5-1-2-10-23(18)29-25/h1-10,15-17H,11-14H2,(H,28,31). The van der Waals surface area contributed by atoms with Crippen molar-refractivity contribution in [2.24, 2.45) is 0 Å². The molecule has 32 heavy (non-hydrogen) atoms. The quantitative estimate of drug-likeness (QED) is 0.443. The number of benzene rings is 3. The minimum absolute atomic E-state index is 0.204. The number of carbonyl (C=O) groups excluding carboxylic acids is 1. The average molecular weight is 444 g/mol. The van der Waals surface area contributed by atoms with Gasteiger partial charge in [-0.05, 0) is 42.5 Å². The number of nitrogens with zero attached hydrogens (tertiary/aromatic N) is 2. The van der Waals surface area contributed by atoms with Crippen LogP contribution < -0.4 is 10.2 Å². The second kappa shape index (κ2) is 8.99. The molecule has 1 aliphatic rings. The first-order chi connectivity index (χ1) is 15.7. The molecule has 0 atom stereocenters. The van der Waals surface area contributed by atoms with Gasteiger partial charge in [0.1, 0.15) is 0 Å². The highest BCUT2D eigenvalue weighted by Gasteiger charge is 2.18. The van der Waals surface area contributed by atoms with Gasteiger partial charge in [0.05, 0.1) is 30.1 Å². The van der Waals surface area contributed by atoms with Gasteiger partial charge in [-0.2, -0.15) is 0 Å². The second-order valence-electron chi connectivity index (χ2n) is 7.69. The molecular formula is C26H22ClN3O2. The number of halogens is 1. The van der Waals surface area contributed by atoms with Crippen LogP contribution in [0.4, 0.5) is 11.4 Å². The van der Waals surface area contributed by atoms with Crippen LogP contribution in [0.2, 0.25) is 5.02 Å². The molecule has 1 amide bonds. The van der Waals surface area contributed by atoms with Crippen molar-refractivity contribution in [2.75, 3.05) is 36.5 Å². The molecule has 0 unspecified atom stereocenters. The van der Waals surface area contributed by atoms with E-state index in [2.05, 4.69) is 22.3 Å². The van der Waals surface area contributed by atoms with Gasteiger partial charge in [0.2, 0.25) is 0 Å². The highest BCUT2D eigenvalue weighted by atomic mass is 35.5. The van der Waals surface area contributed by atoms with Crippen molar-refractivity contribution in [1.29, 1.82) is 0 Å². The minimum atomic E-state index is -0.204. The van der Waals surface area contributed by atoms with Crippen LogP contribution in [0, 0.1) is 0 Å². The third-order valence-electron chi connectivity index (χ3n) is 5.54. The van der Waals surface area contributed by atoms with Crippen molar-refractivity contribution in [3.63, 3.8) is 0 Å². The minimum Gasteiger partial charge on any atom is -0.378 e. The first-order valence-electron chi connectivity index (χ1n) is 10.6. The molecule has 0 bridgehead atoms. The predicted octanol–water partition coefficient (Wildman–Crippen LogP) is 5.64. The smallest absolute Gasteiger partial charge is 0.255 e. The van der Waals surface area contributed by atoms with Gasteiger partial charge in [0.25, 0.3) is 5.91 Å². The number of hydrogen-bond acceptors (Lipinski definition) is 4. The number of ether oxygens (including phenoxy) is 1. The number of aromatic nitrogens is 1. The number of morpholine rings is 1. The van der Waals surface area contributed by atoms with Crippen molar-refractivity contribution in [3.8, 4) is 11.3 Å². The van der Waals surface area contributed by atoms with E-state index in [-0.39, 0.29) is 5.91 Å². The Hall–Kier alpha value is -3.41. The molecule has 0 aliphatic carbocycles. The van der Waals surface area contributed by atoms with Crippen LogP contribution in [0.5, 0.6) is 0 Å². The van der Waals surface area contributed by atoms with E-state index in [1.165, 1.54) is 0 Å². The third kappa shape index (κ3) is 4.31. The molecule has 4 aromatic rings. The summed E-state index contributed by atoms with van der Waals surface area (Å²) in [6.45, 7) is 3.03. The summed E-state index contributed by atoms with van der Waals surface area (Å²) in [5.41, 5.74) is 5.07. The van der Waals surface area contributed by atoms with Gasteiger partial charge in [0.15, 0.2) is 0 Å². The normalized spacial score (nSPS) is 13.8. The van der Waals surface area contributed by atoms with Gasteiger partial charge in [-0.15, -0.1) is 0 Å². The fourth-order valence-corrected chi connectivity index (χ4v) is 4.13. The Morgan fingerprint density at radius 1 is 0.938 bits per heavy atom. The summed E-state index contributed by atoms with van der Waals surface area (Å²) in [5, 5.41) is 4.60. The van der Waals surface area contributed by atoms with Gasteiger partial charge < -0.3 is 15.0 Å². The fourth-order valence-electron chi connectivity index (χ4n) is 3.94. The Labute approximate surface area is 191 Å². The van der Waals surface area contributed by atoms with Crippen molar-refractivity contribution >= 4 is 39.8 Å². The monoisotopic (exact) mass is 443 g/mol. The van der Waals surface area contributed by atoms with Gasteiger partial charge in [-0.1, -0.05) is 48.0 Å². The molecule has 6 heteroatoms. The summed E-state index contributed by atoms with van der Waals surface area (Å²) in [4.78, 5) is 20.0. The van der Waals surface area contributed by atoms with E-state index in [4.69, 9.17) is 21.3 Å². The Bertz CT molecular complexity index is 1290. The van der Waals surface area contributed by atoms with Crippen LogP contribution in [-0.2, 0) is 4.74 Å². The number of anilines is 2. The molecule has 5 nitrogen and oxygen atoms in total. The number of para-hydroxylation sites is 1. The van der Waals surface area contributed by atoms with Crippen LogP contribution in [-0.4, -0.2) is 37.2 Å². The maximum atomic E-state index is 12.7. The summed E-state index contributed by atoms with van der Waals surface area (Å²) in [5.74, 6) is -0.204. The molecule has 1 fully saturated rings. The lowest BCUT2D eigenvalue weighted by Gasteiger charge is -2.30. The maximum Gasteiger partial charge on any atom is 0.255 e. The molecule has 3 aromatic carbocycles. The molecule has 1 aromatic heterocycles. The summed E-state index contributed by atoms with van der Waals surface area (Å²) in [6, 6.07) is 25.0. The summed E-state index contributed by atoms with van der Waals surface area (Å²) < 4.78 is 5.55. The number of carbonyl (C=O) groups is 1. The predicted molar refractivity (Wildman–Crippen MR) is 130 cm³/mol. The average Bonchev–Trinajstić information content (AvgIpc) is 2.84. The zero-order valence-electron chi connectivity index (χ0n) is 17.4. The summed E-state index contributed by atoms with van der Waals surface area (Å²) in [7, 11) is 0. The topological polar surface area (TPSA) is 54.5 Å². The Morgan fingerprint density at radius 3 is 2.59 bits per heavy atom. The molecule has 2 heterocycles. The van der Waals surface area contributed by atoms with Crippen molar-refractivity contribution in [1.82, 2.24) is 4.98 Å². The molecule has 5 rings (SSSR count). The van der Waals surface area contributed by atoms with Gasteiger partial charge in [-0.25, -0.2) is 4.98 Å².